The zero-order valence-electron chi connectivity index (χ0n) is 18.7. The third kappa shape index (κ3) is 6.46. The van der Waals surface area contributed by atoms with Gasteiger partial charge in [0, 0.05) is 0 Å². The molecule has 0 radical (unpaired) electrons. The van der Waals surface area contributed by atoms with Gasteiger partial charge in [0.1, 0.15) is 11.5 Å². The molecule has 1 unspecified atom stereocenters. The summed E-state index contributed by atoms with van der Waals surface area (Å²) >= 11 is 0. The highest BCUT2D eigenvalue weighted by Gasteiger charge is 2.12. The molecule has 0 spiro atoms. The van der Waals surface area contributed by atoms with Crippen molar-refractivity contribution < 1.29 is 14.3 Å². The smallest absolute Gasteiger partial charge is 0.343 e. The molecular weight excluding hydrogens is 398 g/mol. The average Bonchev–Trinajstić information content (AvgIpc) is 2.85. The number of benzene rings is 3. The molecule has 0 aromatic heterocycles. The van der Waals surface area contributed by atoms with Gasteiger partial charge in [0.05, 0.1) is 23.8 Å². The maximum atomic E-state index is 12.6. The lowest BCUT2D eigenvalue weighted by Gasteiger charge is -2.16. The quantitative estimate of drug-likeness (QED) is 0.257. The minimum atomic E-state index is -0.417. The predicted octanol–water partition coefficient (Wildman–Crippen LogP) is 7.04. The molecule has 3 aromatic carbocycles. The Labute approximate surface area is 190 Å². The highest BCUT2D eigenvalue weighted by atomic mass is 16.5. The van der Waals surface area contributed by atoms with Gasteiger partial charge in [0.25, 0.3) is 0 Å². The summed E-state index contributed by atoms with van der Waals surface area (Å²) in [5, 5.41) is 8.92. The number of carbonyl (C=O) groups excluding carboxylic acids is 1. The van der Waals surface area contributed by atoms with Crippen LogP contribution in [0.5, 0.6) is 11.5 Å². The van der Waals surface area contributed by atoms with Crippen LogP contribution in [0.3, 0.4) is 0 Å². The van der Waals surface area contributed by atoms with Crippen LogP contribution in [0.1, 0.15) is 55.5 Å². The van der Waals surface area contributed by atoms with Crippen molar-refractivity contribution in [3.8, 4) is 28.7 Å². The van der Waals surface area contributed by atoms with Crippen LogP contribution in [0.2, 0.25) is 0 Å². The molecule has 0 fully saturated rings. The van der Waals surface area contributed by atoms with E-state index in [1.54, 1.807) is 36.4 Å². The lowest BCUT2D eigenvalue weighted by molar-refractivity contribution is 0.0734. The number of nitriles is 1. The van der Waals surface area contributed by atoms with Gasteiger partial charge in [-0.3, -0.25) is 0 Å². The molecule has 32 heavy (non-hydrogen) atoms. The van der Waals surface area contributed by atoms with Crippen molar-refractivity contribution >= 4 is 5.97 Å². The van der Waals surface area contributed by atoms with Gasteiger partial charge in [0.15, 0.2) is 0 Å². The maximum Gasteiger partial charge on any atom is 0.343 e. The van der Waals surface area contributed by atoms with Crippen LogP contribution in [0.25, 0.3) is 11.1 Å². The predicted molar refractivity (Wildman–Crippen MR) is 127 cm³/mol. The molecule has 0 bridgehead atoms. The molecule has 0 aliphatic rings. The third-order valence-electron chi connectivity index (χ3n) is 5.51. The Kier molecular flexibility index (Phi) is 8.45. The molecule has 0 saturated carbocycles. The van der Waals surface area contributed by atoms with Crippen LogP contribution in [-0.4, -0.2) is 12.6 Å². The standard InChI is InChI=1S/C28H29NO3/c1-3-5-7-21(4-2)20-31-27-9-6-8-25(18-27)28(30)32-26-16-14-24(15-17-26)23-12-10-22(19-29)11-13-23/h6,8-18,21H,3-5,7,20H2,1-2H3. The molecule has 1 atom stereocenters. The minimum absolute atomic E-state index is 0.417. The topological polar surface area (TPSA) is 59.3 Å². The molecule has 0 saturated heterocycles. The number of hydrogen-bond donors (Lipinski definition) is 0. The zero-order valence-corrected chi connectivity index (χ0v) is 18.7. The van der Waals surface area contributed by atoms with Gasteiger partial charge in [-0.25, -0.2) is 4.79 Å². The summed E-state index contributed by atoms with van der Waals surface area (Å²) in [5.41, 5.74) is 3.06. The molecule has 3 rings (SSSR count). The molecule has 3 aromatic rings. The van der Waals surface area contributed by atoms with E-state index in [-0.39, 0.29) is 0 Å². The SMILES string of the molecule is CCCCC(CC)COc1cccc(C(=O)Oc2ccc(-c3ccc(C#N)cc3)cc2)c1. The number of hydrogen-bond acceptors (Lipinski definition) is 4. The van der Waals surface area contributed by atoms with Crippen molar-refractivity contribution in [2.45, 2.75) is 39.5 Å². The van der Waals surface area contributed by atoms with Crippen LogP contribution in [0.4, 0.5) is 0 Å². The first-order valence-electron chi connectivity index (χ1n) is 11.2. The normalized spacial score (nSPS) is 11.4. The number of ether oxygens (including phenoxy) is 2. The summed E-state index contributed by atoms with van der Waals surface area (Å²) < 4.78 is 11.5. The van der Waals surface area contributed by atoms with Gasteiger partial charge in [-0.15, -0.1) is 0 Å². The summed E-state index contributed by atoms with van der Waals surface area (Å²) in [5.74, 6) is 1.27. The first-order valence-corrected chi connectivity index (χ1v) is 11.2. The zero-order chi connectivity index (χ0) is 22.8. The number of rotatable bonds is 10. The summed E-state index contributed by atoms with van der Waals surface area (Å²) in [7, 11) is 0. The Balaban J connectivity index is 1.60. The van der Waals surface area contributed by atoms with Crippen molar-refractivity contribution in [3.05, 3.63) is 83.9 Å². The Hall–Kier alpha value is -3.58. The number of carbonyl (C=O) groups is 1. The van der Waals surface area contributed by atoms with Gasteiger partial charge in [-0.1, -0.05) is 63.4 Å². The number of unbranched alkanes of at least 4 members (excludes halogenated alkanes) is 1. The molecule has 0 aliphatic heterocycles. The molecule has 0 aliphatic carbocycles. The molecular formula is C28H29NO3. The van der Waals surface area contributed by atoms with Crippen LogP contribution in [0.15, 0.2) is 72.8 Å². The average molecular weight is 428 g/mol. The van der Waals surface area contributed by atoms with E-state index in [0.29, 0.717) is 35.2 Å². The Morgan fingerprint density at radius 2 is 1.62 bits per heavy atom. The van der Waals surface area contributed by atoms with Crippen LogP contribution >= 0.6 is 0 Å². The van der Waals surface area contributed by atoms with Crippen LogP contribution in [0, 0.1) is 17.2 Å². The Bertz CT molecular complexity index is 1050. The first kappa shape index (κ1) is 23.1. The lowest BCUT2D eigenvalue weighted by Crippen LogP contribution is -2.12. The molecule has 4 heteroatoms. The van der Waals surface area contributed by atoms with Gasteiger partial charge < -0.3 is 9.47 Å². The van der Waals surface area contributed by atoms with Crippen molar-refractivity contribution in [1.82, 2.24) is 0 Å². The van der Waals surface area contributed by atoms with Crippen molar-refractivity contribution in [1.29, 1.82) is 5.26 Å². The monoisotopic (exact) mass is 427 g/mol. The van der Waals surface area contributed by atoms with E-state index in [2.05, 4.69) is 19.9 Å². The summed E-state index contributed by atoms with van der Waals surface area (Å²) in [6, 6.07) is 24.0. The van der Waals surface area contributed by atoms with Crippen molar-refractivity contribution in [3.63, 3.8) is 0 Å². The van der Waals surface area contributed by atoms with Crippen LogP contribution in [-0.2, 0) is 0 Å². The van der Waals surface area contributed by atoms with E-state index >= 15 is 0 Å². The second kappa shape index (κ2) is 11.7. The number of esters is 1. The summed E-state index contributed by atoms with van der Waals surface area (Å²) in [4.78, 5) is 12.6. The van der Waals surface area contributed by atoms with Gasteiger partial charge in [-0.2, -0.15) is 5.26 Å². The van der Waals surface area contributed by atoms with Crippen molar-refractivity contribution in [2.75, 3.05) is 6.61 Å². The fourth-order valence-corrected chi connectivity index (χ4v) is 3.44. The van der Waals surface area contributed by atoms with E-state index < -0.39 is 5.97 Å². The largest absolute Gasteiger partial charge is 0.493 e. The fraction of sp³-hybridized carbons (Fsp3) is 0.286. The lowest BCUT2D eigenvalue weighted by atomic mass is 10.0. The minimum Gasteiger partial charge on any atom is -0.493 e. The van der Waals surface area contributed by atoms with Gasteiger partial charge in [-0.05, 0) is 65.9 Å². The van der Waals surface area contributed by atoms with Gasteiger partial charge >= 0.3 is 5.97 Å². The molecule has 164 valence electrons. The second-order valence-electron chi connectivity index (χ2n) is 7.86. The Morgan fingerprint density at radius 1 is 0.938 bits per heavy atom. The highest BCUT2D eigenvalue weighted by molar-refractivity contribution is 5.91. The second-order valence-corrected chi connectivity index (χ2v) is 7.86. The molecule has 0 heterocycles. The molecule has 0 N–H and O–H groups in total. The van der Waals surface area contributed by atoms with Crippen LogP contribution < -0.4 is 9.47 Å². The van der Waals surface area contributed by atoms with E-state index in [9.17, 15) is 4.79 Å². The fourth-order valence-electron chi connectivity index (χ4n) is 3.44. The van der Waals surface area contributed by atoms with E-state index in [1.165, 1.54) is 12.8 Å². The maximum absolute atomic E-state index is 12.6. The first-order chi connectivity index (χ1) is 15.6. The van der Waals surface area contributed by atoms with Gasteiger partial charge in [0.2, 0.25) is 0 Å². The number of nitrogens with zero attached hydrogens (tertiary/aromatic N) is 1. The summed E-state index contributed by atoms with van der Waals surface area (Å²) in [6.45, 7) is 5.04. The Morgan fingerprint density at radius 3 is 2.25 bits per heavy atom. The van der Waals surface area contributed by atoms with Crippen molar-refractivity contribution in [2.24, 2.45) is 5.92 Å². The highest BCUT2D eigenvalue weighted by Crippen LogP contribution is 2.24. The summed E-state index contributed by atoms with van der Waals surface area (Å²) in [6.07, 6.45) is 4.64. The molecule has 4 nitrogen and oxygen atoms in total. The van der Waals surface area contributed by atoms with E-state index in [1.807, 2.05) is 36.4 Å². The third-order valence-corrected chi connectivity index (χ3v) is 5.51. The van der Waals surface area contributed by atoms with E-state index in [4.69, 9.17) is 14.7 Å². The van der Waals surface area contributed by atoms with E-state index in [0.717, 1.165) is 24.0 Å². The molecule has 0 amide bonds.